The van der Waals surface area contributed by atoms with Crippen LogP contribution in [0.5, 0.6) is 0 Å². The molecule has 0 amide bonds. The Morgan fingerprint density at radius 3 is 3.00 bits per heavy atom. The van der Waals surface area contributed by atoms with Gasteiger partial charge in [0.1, 0.15) is 6.07 Å². The molecule has 0 radical (unpaired) electrons. The van der Waals surface area contributed by atoms with Crippen molar-refractivity contribution in [2.75, 3.05) is 11.9 Å². The van der Waals surface area contributed by atoms with Crippen molar-refractivity contribution in [2.45, 2.75) is 0 Å². The molecular weight excluding hydrogens is 263 g/mol. The highest BCUT2D eigenvalue weighted by Crippen LogP contribution is 2.20. The summed E-state index contributed by atoms with van der Waals surface area (Å²) in [4.78, 5) is 0. The SMILES string of the molecule is N#Cc1ccc(Br)cc1NC/C=C/Cl. The van der Waals surface area contributed by atoms with Gasteiger partial charge >= 0.3 is 0 Å². The second-order valence-corrected chi connectivity index (χ2v) is 3.71. The maximum Gasteiger partial charge on any atom is 0.101 e. The van der Waals surface area contributed by atoms with Crippen LogP contribution in [0.4, 0.5) is 5.69 Å². The molecule has 0 aliphatic rings. The number of nitriles is 1. The summed E-state index contributed by atoms with van der Waals surface area (Å²) < 4.78 is 0.939. The minimum atomic E-state index is 0.606. The fourth-order valence-corrected chi connectivity index (χ4v) is 1.42. The number of anilines is 1. The van der Waals surface area contributed by atoms with Gasteiger partial charge in [0, 0.05) is 16.6 Å². The molecule has 14 heavy (non-hydrogen) atoms. The first-order chi connectivity index (χ1) is 6.77. The summed E-state index contributed by atoms with van der Waals surface area (Å²) in [5, 5.41) is 11.9. The Bertz CT molecular complexity index is 382. The van der Waals surface area contributed by atoms with Gasteiger partial charge in [-0.3, -0.25) is 0 Å². The predicted molar refractivity (Wildman–Crippen MR) is 62.3 cm³/mol. The highest BCUT2D eigenvalue weighted by atomic mass is 79.9. The minimum Gasteiger partial charge on any atom is -0.380 e. The Morgan fingerprint density at radius 2 is 2.36 bits per heavy atom. The van der Waals surface area contributed by atoms with E-state index in [0.29, 0.717) is 12.1 Å². The standard InChI is InChI=1S/C10H8BrClN2/c11-9-3-2-8(7-13)10(6-9)14-5-1-4-12/h1-4,6,14H,5H2/b4-1+. The van der Waals surface area contributed by atoms with Gasteiger partial charge in [-0.15, -0.1) is 0 Å². The van der Waals surface area contributed by atoms with Gasteiger partial charge in [0.15, 0.2) is 0 Å². The Kier molecular flexibility index (Phi) is 4.51. The van der Waals surface area contributed by atoms with Crippen molar-refractivity contribution in [3.05, 3.63) is 39.8 Å². The van der Waals surface area contributed by atoms with E-state index >= 15 is 0 Å². The van der Waals surface area contributed by atoms with Crippen molar-refractivity contribution in [2.24, 2.45) is 0 Å². The molecular formula is C10H8BrClN2. The molecule has 0 fully saturated rings. The molecule has 0 spiro atoms. The molecule has 2 nitrogen and oxygen atoms in total. The fraction of sp³-hybridized carbons (Fsp3) is 0.100. The zero-order valence-corrected chi connectivity index (χ0v) is 9.64. The molecule has 4 heteroatoms. The Labute approximate surface area is 96.3 Å². The van der Waals surface area contributed by atoms with Gasteiger partial charge in [0.05, 0.1) is 11.3 Å². The van der Waals surface area contributed by atoms with Gasteiger partial charge in [-0.1, -0.05) is 33.6 Å². The number of rotatable bonds is 3. The van der Waals surface area contributed by atoms with Crippen LogP contribution in [-0.2, 0) is 0 Å². The van der Waals surface area contributed by atoms with Crippen LogP contribution in [0.15, 0.2) is 34.3 Å². The predicted octanol–water partition coefficient (Wildman–Crippen LogP) is 3.49. The summed E-state index contributed by atoms with van der Waals surface area (Å²) in [6.45, 7) is 0.606. The van der Waals surface area contributed by atoms with E-state index in [4.69, 9.17) is 16.9 Å². The Balaban J connectivity index is 2.83. The van der Waals surface area contributed by atoms with E-state index in [1.165, 1.54) is 5.54 Å². The molecule has 1 aromatic carbocycles. The summed E-state index contributed by atoms with van der Waals surface area (Å²) in [7, 11) is 0. The third-order valence-corrected chi connectivity index (χ3v) is 2.27. The average Bonchev–Trinajstić information content (AvgIpc) is 2.19. The van der Waals surface area contributed by atoms with Gasteiger partial charge < -0.3 is 5.32 Å². The molecule has 0 bridgehead atoms. The van der Waals surface area contributed by atoms with Crippen molar-refractivity contribution in [1.82, 2.24) is 0 Å². The lowest BCUT2D eigenvalue weighted by molar-refractivity contribution is 1.32. The molecule has 0 unspecified atom stereocenters. The van der Waals surface area contributed by atoms with Gasteiger partial charge in [0.2, 0.25) is 0 Å². The number of halogens is 2. The zero-order valence-electron chi connectivity index (χ0n) is 7.30. The van der Waals surface area contributed by atoms with E-state index in [2.05, 4.69) is 27.3 Å². The van der Waals surface area contributed by atoms with E-state index in [9.17, 15) is 0 Å². The van der Waals surface area contributed by atoms with Crippen LogP contribution >= 0.6 is 27.5 Å². The lowest BCUT2D eigenvalue weighted by Gasteiger charge is -2.05. The second-order valence-electron chi connectivity index (χ2n) is 2.54. The molecule has 0 saturated heterocycles. The second kappa shape index (κ2) is 5.69. The topological polar surface area (TPSA) is 35.8 Å². The fourth-order valence-electron chi connectivity index (χ4n) is 0.974. The van der Waals surface area contributed by atoms with Gasteiger partial charge in [-0.25, -0.2) is 0 Å². The summed E-state index contributed by atoms with van der Waals surface area (Å²) in [5.74, 6) is 0. The van der Waals surface area contributed by atoms with Crippen molar-refractivity contribution in [3.63, 3.8) is 0 Å². The molecule has 0 aliphatic heterocycles. The number of hydrogen-bond donors (Lipinski definition) is 1. The average molecular weight is 272 g/mol. The van der Waals surface area contributed by atoms with Crippen LogP contribution in [0.3, 0.4) is 0 Å². The third kappa shape index (κ3) is 3.06. The molecule has 0 aromatic heterocycles. The molecule has 1 rings (SSSR count). The van der Waals surface area contributed by atoms with Gasteiger partial charge in [0.25, 0.3) is 0 Å². The molecule has 0 aliphatic carbocycles. The largest absolute Gasteiger partial charge is 0.380 e. The van der Waals surface area contributed by atoms with E-state index < -0.39 is 0 Å². The molecule has 1 aromatic rings. The minimum absolute atomic E-state index is 0.606. The molecule has 0 saturated carbocycles. The van der Waals surface area contributed by atoms with Crippen LogP contribution in [0.25, 0.3) is 0 Å². The van der Waals surface area contributed by atoms with Crippen molar-refractivity contribution < 1.29 is 0 Å². The summed E-state index contributed by atoms with van der Waals surface area (Å²) in [6.07, 6.45) is 1.77. The maximum atomic E-state index is 8.82. The zero-order chi connectivity index (χ0) is 10.4. The van der Waals surface area contributed by atoms with Crippen LogP contribution < -0.4 is 5.32 Å². The highest BCUT2D eigenvalue weighted by molar-refractivity contribution is 9.10. The van der Waals surface area contributed by atoms with E-state index in [1.54, 1.807) is 12.1 Å². The quantitative estimate of drug-likeness (QED) is 0.913. The van der Waals surface area contributed by atoms with Crippen LogP contribution in [0.1, 0.15) is 5.56 Å². The summed E-state index contributed by atoms with van der Waals surface area (Å²) in [5.41, 5.74) is 2.87. The first-order valence-electron chi connectivity index (χ1n) is 3.96. The molecule has 0 atom stereocenters. The summed E-state index contributed by atoms with van der Waals surface area (Å²) in [6, 6.07) is 7.57. The first kappa shape index (κ1) is 11.1. The lowest BCUT2D eigenvalue weighted by Crippen LogP contribution is -2.00. The Morgan fingerprint density at radius 1 is 1.57 bits per heavy atom. The maximum absolute atomic E-state index is 8.82. The number of nitrogens with zero attached hydrogens (tertiary/aromatic N) is 1. The van der Waals surface area contributed by atoms with Crippen molar-refractivity contribution in [1.29, 1.82) is 5.26 Å². The first-order valence-corrected chi connectivity index (χ1v) is 5.19. The number of benzene rings is 1. The van der Waals surface area contributed by atoms with E-state index in [1.807, 2.05) is 12.1 Å². The molecule has 0 heterocycles. The number of hydrogen-bond acceptors (Lipinski definition) is 2. The third-order valence-electron chi connectivity index (χ3n) is 1.60. The van der Waals surface area contributed by atoms with E-state index in [-0.39, 0.29) is 0 Å². The van der Waals surface area contributed by atoms with Crippen LogP contribution in [-0.4, -0.2) is 6.54 Å². The van der Waals surface area contributed by atoms with Crippen LogP contribution in [0.2, 0.25) is 0 Å². The monoisotopic (exact) mass is 270 g/mol. The van der Waals surface area contributed by atoms with Gasteiger partial charge in [-0.2, -0.15) is 5.26 Å². The Hall–Kier alpha value is -0.980. The molecule has 72 valence electrons. The highest BCUT2D eigenvalue weighted by Gasteiger charge is 2.00. The summed E-state index contributed by atoms with van der Waals surface area (Å²) >= 11 is 8.72. The van der Waals surface area contributed by atoms with Gasteiger partial charge in [-0.05, 0) is 18.2 Å². The normalized spacial score (nSPS) is 10.1. The van der Waals surface area contributed by atoms with Crippen molar-refractivity contribution in [3.8, 4) is 6.07 Å². The lowest BCUT2D eigenvalue weighted by atomic mass is 10.2. The van der Waals surface area contributed by atoms with Crippen molar-refractivity contribution >= 4 is 33.2 Å². The number of nitrogens with one attached hydrogen (secondary N) is 1. The smallest absolute Gasteiger partial charge is 0.101 e. The molecule has 1 N–H and O–H groups in total. The van der Waals surface area contributed by atoms with Crippen LogP contribution in [0, 0.1) is 11.3 Å². The van der Waals surface area contributed by atoms with E-state index in [0.717, 1.165) is 10.2 Å².